The third-order valence-corrected chi connectivity index (χ3v) is 3.53. The van der Waals surface area contributed by atoms with Crippen molar-refractivity contribution in [1.29, 1.82) is 0 Å². The number of H-pyrrole nitrogens is 1. The van der Waals surface area contributed by atoms with Gasteiger partial charge in [0.15, 0.2) is 5.58 Å². The van der Waals surface area contributed by atoms with E-state index in [1.807, 2.05) is 42.8 Å². The van der Waals surface area contributed by atoms with Gasteiger partial charge in [-0.05, 0) is 30.7 Å². The van der Waals surface area contributed by atoms with E-state index in [-0.39, 0.29) is 6.61 Å². The monoisotopic (exact) mass is 258 g/mol. The summed E-state index contributed by atoms with van der Waals surface area (Å²) in [5.74, 6) is -0.453. The maximum absolute atomic E-state index is 11.1. The van der Waals surface area contributed by atoms with Gasteiger partial charge in [0, 0.05) is 24.0 Å². The van der Waals surface area contributed by atoms with Gasteiger partial charge >= 0.3 is 5.76 Å². The van der Waals surface area contributed by atoms with Crippen LogP contribution in [0, 0.1) is 6.92 Å². The molecule has 2 heterocycles. The average Bonchev–Trinajstić information content (AvgIpc) is 2.90. The first kappa shape index (κ1) is 11.8. The number of aliphatic hydroxyl groups is 1. The first-order valence-electron chi connectivity index (χ1n) is 5.99. The third-order valence-electron chi connectivity index (χ3n) is 3.53. The van der Waals surface area contributed by atoms with Crippen LogP contribution in [-0.4, -0.2) is 14.7 Å². The minimum atomic E-state index is -0.453. The lowest BCUT2D eigenvalue weighted by Gasteiger charge is -2.05. The number of hydrogen-bond acceptors (Lipinski definition) is 3. The summed E-state index contributed by atoms with van der Waals surface area (Å²) in [5, 5.41) is 9.30. The van der Waals surface area contributed by atoms with E-state index < -0.39 is 5.76 Å². The number of rotatable bonds is 2. The first-order valence-corrected chi connectivity index (χ1v) is 5.99. The van der Waals surface area contributed by atoms with Crippen LogP contribution in [0.4, 0.5) is 0 Å². The molecule has 19 heavy (non-hydrogen) atoms. The summed E-state index contributed by atoms with van der Waals surface area (Å²) in [5.41, 5.74) is 5.06. The Kier molecular flexibility index (Phi) is 2.57. The molecule has 0 bridgehead atoms. The highest BCUT2D eigenvalue weighted by atomic mass is 16.4. The Morgan fingerprint density at radius 1 is 1.37 bits per heavy atom. The number of aromatic nitrogens is 2. The minimum Gasteiger partial charge on any atom is -0.408 e. The predicted molar refractivity (Wildman–Crippen MR) is 71.9 cm³/mol. The molecular formula is C14H14N2O3. The van der Waals surface area contributed by atoms with E-state index >= 15 is 0 Å². The van der Waals surface area contributed by atoms with Gasteiger partial charge in [0.1, 0.15) is 0 Å². The summed E-state index contributed by atoms with van der Waals surface area (Å²) >= 11 is 0. The van der Waals surface area contributed by atoms with Crippen LogP contribution in [0.15, 0.2) is 33.5 Å². The number of nitrogens with one attached hydrogen (secondary N) is 1. The van der Waals surface area contributed by atoms with Crippen molar-refractivity contribution in [1.82, 2.24) is 9.55 Å². The summed E-state index contributed by atoms with van der Waals surface area (Å²) in [4.78, 5) is 13.8. The molecule has 0 radical (unpaired) electrons. The zero-order chi connectivity index (χ0) is 13.6. The van der Waals surface area contributed by atoms with E-state index in [0.29, 0.717) is 11.1 Å². The predicted octanol–water partition coefficient (Wildman–Crippen LogP) is 1.93. The van der Waals surface area contributed by atoms with Crippen LogP contribution in [0.1, 0.15) is 11.3 Å². The van der Waals surface area contributed by atoms with Gasteiger partial charge in [-0.25, -0.2) is 4.79 Å². The van der Waals surface area contributed by atoms with Crippen molar-refractivity contribution in [2.24, 2.45) is 7.05 Å². The van der Waals surface area contributed by atoms with Crippen LogP contribution in [0.2, 0.25) is 0 Å². The van der Waals surface area contributed by atoms with E-state index in [1.54, 1.807) is 0 Å². The van der Waals surface area contributed by atoms with Crippen molar-refractivity contribution >= 4 is 11.1 Å². The Morgan fingerprint density at radius 2 is 2.16 bits per heavy atom. The van der Waals surface area contributed by atoms with Gasteiger partial charge in [0.05, 0.1) is 12.1 Å². The fourth-order valence-corrected chi connectivity index (χ4v) is 2.30. The third kappa shape index (κ3) is 1.79. The molecule has 2 N–H and O–H groups in total. The number of aliphatic hydroxyl groups excluding tert-OH is 1. The van der Waals surface area contributed by atoms with Crippen LogP contribution >= 0.6 is 0 Å². The Labute approximate surface area is 109 Å². The molecule has 5 heteroatoms. The summed E-state index contributed by atoms with van der Waals surface area (Å²) in [6, 6.07) is 7.50. The van der Waals surface area contributed by atoms with Crippen LogP contribution in [-0.2, 0) is 13.7 Å². The largest absolute Gasteiger partial charge is 0.417 e. The maximum atomic E-state index is 11.1. The Morgan fingerprint density at radius 3 is 2.84 bits per heavy atom. The van der Waals surface area contributed by atoms with Gasteiger partial charge in [0.2, 0.25) is 0 Å². The summed E-state index contributed by atoms with van der Waals surface area (Å²) < 4.78 is 7.07. The fourth-order valence-electron chi connectivity index (χ4n) is 2.30. The van der Waals surface area contributed by atoms with Gasteiger partial charge in [-0.2, -0.15) is 0 Å². The lowest BCUT2D eigenvalue weighted by atomic mass is 10.1. The molecule has 0 aliphatic carbocycles. The number of hydrogen-bond donors (Lipinski definition) is 2. The molecule has 0 unspecified atom stereocenters. The molecule has 0 saturated heterocycles. The van der Waals surface area contributed by atoms with E-state index in [0.717, 1.165) is 22.5 Å². The highest BCUT2D eigenvalue weighted by molar-refractivity contribution is 5.79. The molecule has 0 aliphatic heterocycles. The van der Waals surface area contributed by atoms with Crippen molar-refractivity contribution < 1.29 is 9.52 Å². The molecule has 0 atom stereocenters. The highest BCUT2D eigenvalue weighted by Crippen LogP contribution is 2.27. The molecule has 0 spiro atoms. The normalized spacial score (nSPS) is 11.3. The van der Waals surface area contributed by atoms with Crippen molar-refractivity contribution in [2.45, 2.75) is 13.5 Å². The Bertz CT molecular complexity index is 808. The number of aromatic amines is 1. The second-order valence-electron chi connectivity index (χ2n) is 4.58. The summed E-state index contributed by atoms with van der Waals surface area (Å²) in [6.45, 7) is 1.98. The van der Waals surface area contributed by atoms with Crippen LogP contribution in [0.3, 0.4) is 0 Å². The zero-order valence-electron chi connectivity index (χ0n) is 10.7. The average molecular weight is 258 g/mol. The molecule has 0 amide bonds. The van der Waals surface area contributed by atoms with Gasteiger partial charge in [-0.3, -0.25) is 4.98 Å². The quantitative estimate of drug-likeness (QED) is 0.737. The van der Waals surface area contributed by atoms with Crippen LogP contribution in [0.5, 0.6) is 0 Å². The Hall–Kier alpha value is -2.27. The van der Waals surface area contributed by atoms with Crippen LogP contribution < -0.4 is 5.76 Å². The van der Waals surface area contributed by atoms with E-state index in [2.05, 4.69) is 4.98 Å². The van der Waals surface area contributed by atoms with Gasteiger partial charge in [-0.15, -0.1) is 0 Å². The zero-order valence-corrected chi connectivity index (χ0v) is 10.7. The molecule has 5 nitrogen and oxygen atoms in total. The summed E-state index contributed by atoms with van der Waals surface area (Å²) in [7, 11) is 1.95. The number of benzene rings is 1. The van der Waals surface area contributed by atoms with Gasteiger partial charge in [-0.1, -0.05) is 6.07 Å². The smallest absolute Gasteiger partial charge is 0.408 e. The standard InChI is InChI=1S/C14H14N2O3/c1-8-10(7-17)5-12(16(8)2)9-3-4-11-13(6-9)19-14(18)15-11/h3-6,17H,7H2,1-2H3,(H,15,18). The second-order valence-corrected chi connectivity index (χ2v) is 4.58. The molecule has 0 saturated carbocycles. The maximum Gasteiger partial charge on any atom is 0.417 e. The first-order chi connectivity index (χ1) is 9.10. The van der Waals surface area contributed by atoms with Gasteiger partial charge < -0.3 is 14.1 Å². The SMILES string of the molecule is Cc1c(CO)cc(-c2ccc3[nH]c(=O)oc3c2)n1C. The molecule has 3 aromatic rings. The topological polar surface area (TPSA) is 71.2 Å². The van der Waals surface area contributed by atoms with Gasteiger partial charge in [0.25, 0.3) is 0 Å². The van der Waals surface area contributed by atoms with Crippen molar-refractivity contribution in [3.63, 3.8) is 0 Å². The number of fused-ring (bicyclic) bond motifs is 1. The molecule has 3 rings (SSSR count). The lowest BCUT2D eigenvalue weighted by Crippen LogP contribution is -1.95. The highest BCUT2D eigenvalue weighted by Gasteiger charge is 2.11. The van der Waals surface area contributed by atoms with Crippen molar-refractivity contribution in [2.75, 3.05) is 0 Å². The van der Waals surface area contributed by atoms with E-state index in [9.17, 15) is 9.90 Å². The molecule has 0 fully saturated rings. The lowest BCUT2D eigenvalue weighted by molar-refractivity contribution is 0.281. The molecular weight excluding hydrogens is 244 g/mol. The number of oxazole rings is 1. The van der Waals surface area contributed by atoms with Crippen molar-refractivity contribution in [3.05, 3.63) is 46.1 Å². The molecule has 98 valence electrons. The summed E-state index contributed by atoms with van der Waals surface area (Å²) in [6.07, 6.45) is 0. The van der Waals surface area contributed by atoms with E-state index in [4.69, 9.17) is 4.42 Å². The Balaban J connectivity index is 2.21. The molecule has 0 aliphatic rings. The molecule has 1 aromatic carbocycles. The second kappa shape index (κ2) is 4.13. The van der Waals surface area contributed by atoms with Crippen molar-refractivity contribution in [3.8, 4) is 11.3 Å². The van der Waals surface area contributed by atoms with Crippen LogP contribution in [0.25, 0.3) is 22.4 Å². The fraction of sp³-hybridized carbons (Fsp3) is 0.214. The number of nitrogens with zero attached hydrogens (tertiary/aromatic N) is 1. The minimum absolute atomic E-state index is 0.0150. The molecule has 2 aromatic heterocycles. The van der Waals surface area contributed by atoms with E-state index in [1.165, 1.54) is 0 Å².